The third-order valence-electron chi connectivity index (χ3n) is 5.59. The second-order valence-electron chi connectivity index (χ2n) is 8.64. The van der Waals surface area contributed by atoms with E-state index in [1.165, 1.54) is 0 Å². The highest BCUT2D eigenvalue weighted by molar-refractivity contribution is 5.81. The maximum Gasteiger partial charge on any atom is 0.460 e. The predicted molar refractivity (Wildman–Crippen MR) is 91.2 cm³/mol. The van der Waals surface area contributed by atoms with E-state index in [2.05, 4.69) is 11.3 Å². The van der Waals surface area contributed by atoms with Gasteiger partial charge in [0, 0.05) is 6.08 Å². The molecule has 47 heavy (non-hydrogen) atoms. The van der Waals surface area contributed by atoms with Crippen LogP contribution in [0.5, 0.6) is 0 Å². The lowest BCUT2D eigenvalue weighted by Gasteiger charge is -2.46. The smallest absolute Gasteiger partial charge is 0.460 e. The van der Waals surface area contributed by atoms with Crippen LogP contribution in [0.2, 0.25) is 0 Å². The van der Waals surface area contributed by atoms with Crippen LogP contribution < -0.4 is 0 Å². The van der Waals surface area contributed by atoms with Crippen LogP contribution in [0.25, 0.3) is 0 Å². The number of alkyl halides is 27. The fourth-order valence-electron chi connectivity index (χ4n) is 2.68. The average Bonchev–Trinajstić information content (AvgIpc) is 2.86. The fourth-order valence-corrected chi connectivity index (χ4v) is 2.68. The van der Waals surface area contributed by atoms with Gasteiger partial charge in [0.2, 0.25) is 0 Å². The van der Waals surface area contributed by atoms with E-state index in [1.54, 1.807) is 0 Å². The lowest BCUT2D eigenvalue weighted by molar-refractivity contribution is -0.485. The zero-order valence-corrected chi connectivity index (χ0v) is 20.7. The predicted octanol–water partition coefficient (Wildman–Crippen LogP) is 9.29. The molecular formula is C18H7F27O2. The minimum atomic E-state index is -9.81. The van der Waals surface area contributed by atoms with E-state index < -0.39 is 96.2 Å². The summed E-state index contributed by atoms with van der Waals surface area (Å²) in [4.78, 5) is 10.6. The topological polar surface area (TPSA) is 26.3 Å². The van der Waals surface area contributed by atoms with E-state index in [0.29, 0.717) is 0 Å². The molecule has 0 saturated carbocycles. The van der Waals surface area contributed by atoms with Crippen molar-refractivity contribution in [2.24, 2.45) is 0 Å². The van der Waals surface area contributed by atoms with Crippen molar-refractivity contribution in [2.75, 3.05) is 6.61 Å². The first-order chi connectivity index (χ1) is 20.0. The third-order valence-corrected chi connectivity index (χ3v) is 5.59. The first kappa shape index (κ1) is 44.3. The molecule has 0 saturated heterocycles. The highest BCUT2D eigenvalue weighted by Gasteiger charge is 3.00. The van der Waals surface area contributed by atoms with Gasteiger partial charge in [0.25, 0.3) is 0 Å². The van der Waals surface area contributed by atoms with Crippen molar-refractivity contribution in [3.8, 4) is 0 Å². The number of hydrogen-bond donors (Lipinski definition) is 0. The number of ether oxygens (including phenoxy) is 1. The van der Waals surface area contributed by atoms with Gasteiger partial charge in [-0.1, -0.05) is 6.58 Å². The molecule has 0 aliphatic heterocycles. The summed E-state index contributed by atoms with van der Waals surface area (Å²) >= 11 is 0. The van der Waals surface area contributed by atoms with Gasteiger partial charge >= 0.3 is 83.2 Å². The van der Waals surface area contributed by atoms with Crippen molar-refractivity contribution in [2.45, 2.75) is 83.7 Å². The molecule has 0 N–H and O–H groups in total. The van der Waals surface area contributed by atoms with E-state index in [1.807, 2.05) is 0 Å². The summed E-state index contributed by atoms with van der Waals surface area (Å²) in [6.07, 6.45) is -11.4. The van der Waals surface area contributed by atoms with E-state index in [0.717, 1.165) is 0 Å². The molecular weight excluding hydrogens is 761 g/mol. The van der Waals surface area contributed by atoms with Gasteiger partial charge in [0.05, 0.1) is 13.0 Å². The second kappa shape index (κ2) is 11.4. The molecule has 0 aliphatic carbocycles. The van der Waals surface area contributed by atoms with Crippen LogP contribution in [0.1, 0.15) is 6.42 Å². The number of esters is 1. The highest BCUT2D eigenvalue weighted by Crippen LogP contribution is 2.68. The Morgan fingerprint density at radius 1 is 0.404 bits per heavy atom. The summed E-state index contributed by atoms with van der Waals surface area (Å²) in [6.45, 7) is 0.243. The van der Waals surface area contributed by atoms with Gasteiger partial charge in [-0.25, -0.2) is 4.79 Å². The van der Waals surface area contributed by atoms with Crippen molar-refractivity contribution >= 4 is 5.97 Å². The van der Waals surface area contributed by atoms with Crippen molar-refractivity contribution in [3.05, 3.63) is 12.7 Å². The molecule has 29 heteroatoms. The lowest BCUT2D eigenvalue weighted by atomic mass is 9.83. The molecule has 0 amide bonds. The van der Waals surface area contributed by atoms with Gasteiger partial charge in [0.15, 0.2) is 0 Å². The third kappa shape index (κ3) is 5.66. The number of hydrogen-bond acceptors (Lipinski definition) is 2. The van der Waals surface area contributed by atoms with Crippen LogP contribution >= 0.6 is 0 Å². The van der Waals surface area contributed by atoms with Gasteiger partial charge in [-0.15, -0.1) is 0 Å². The molecule has 280 valence electrons. The Morgan fingerprint density at radius 3 is 0.830 bits per heavy atom. The molecule has 0 aliphatic rings. The summed E-state index contributed by atoms with van der Waals surface area (Å²) in [5.41, 5.74) is 0. The Hall–Kier alpha value is -2.68. The lowest BCUT2D eigenvalue weighted by Crippen LogP contribution is -2.78. The van der Waals surface area contributed by atoms with Crippen LogP contribution in [0.3, 0.4) is 0 Å². The zero-order valence-electron chi connectivity index (χ0n) is 20.7. The first-order valence-corrected chi connectivity index (χ1v) is 10.3. The normalized spacial score (nSPS) is 16.3. The summed E-state index contributed by atoms with van der Waals surface area (Å²) in [5, 5.41) is 0. The Kier molecular flexibility index (Phi) is 10.8. The van der Waals surface area contributed by atoms with Crippen molar-refractivity contribution in [1.29, 1.82) is 0 Å². The molecule has 0 aromatic rings. The van der Waals surface area contributed by atoms with Crippen LogP contribution in [-0.2, 0) is 9.53 Å². The quantitative estimate of drug-likeness (QED) is 0.0944. The van der Waals surface area contributed by atoms with Crippen LogP contribution in [-0.4, -0.2) is 89.8 Å². The van der Waals surface area contributed by atoms with Crippen molar-refractivity contribution in [3.63, 3.8) is 0 Å². The van der Waals surface area contributed by atoms with E-state index in [-0.39, 0.29) is 6.08 Å². The van der Waals surface area contributed by atoms with Gasteiger partial charge < -0.3 is 4.74 Å². The first-order valence-electron chi connectivity index (χ1n) is 10.3. The number of carbonyl (C=O) groups excluding carboxylic acids is 1. The minimum absolute atomic E-state index is 0.0139. The fraction of sp³-hybridized carbons (Fsp3) is 0.833. The molecule has 0 atom stereocenters. The Morgan fingerprint density at radius 2 is 0.617 bits per heavy atom. The minimum Gasteiger partial charge on any atom is -0.462 e. The molecule has 0 radical (unpaired) electrons. The van der Waals surface area contributed by atoms with Crippen LogP contribution in [0.15, 0.2) is 12.7 Å². The largest absolute Gasteiger partial charge is 0.462 e. The summed E-state index contributed by atoms with van der Waals surface area (Å²) in [7, 11) is 0. The molecule has 0 fully saturated rings. The molecule has 0 aromatic carbocycles. The van der Waals surface area contributed by atoms with E-state index in [4.69, 9.17) is 0 Å². The molecule has 0 bridgehead atoms. The highest BCUT2D eigenvalue weighted by atomic mass is 19.4. The number of halogens is 27. The Balaban J connectivity index is 7.28. The molecule has 0 rings (SSSR count). The average molecular weight is 768 g/mol. The van der Waals surface area contributed by atoms with Crippen LogP contribution in [0, 0.1) is 0 Å². The van der Waals surface area contributed by atoms with Crippen molar-refractivity contribution < 1.29 is 128 Å². The Bertz CT molecular complexity index is 1160. The molecule has 0 heterocycles. The maximum atomic E-state index is 13.8. The van der Waals surface area contributed by atoms with E-state index >= 15 is 0 Å². The van der Waals surface area contributed by atoms with E-state index in [9.17, 15) is 123 Å². The second-order valence-corrected chi connectivity index (χ2v) is 8.64. The zero-order chi connectivity index (χ0) is 38.9. The summed E-state index contributed by atoms with van der Waals surface area (Å²) < 4.78 is 365. The number of rotatable bonds is 15. The van der Waals surface area contributed by atoms with Crippen molar-refractivity contribution in [1.82, 2.24) is 0 Å². The Labute approximate surface area is 238 Å². The SMILES string of the molecule is C=CC(=O)OCCC(F)(F)C(F)(F)C(F)(F)C(F)(F)C(F)(F)C(F)(F)C(F)(F)C(F)(F)C(F)(F)C(F)(F)C(F)(F)C(F)(F)C(F)(F)F. The molecule has 0 aromatic heterocycles. The summed E-state index contributed by atoms with van der Waals surface area (Å²) in [6, 6.07) is 0. The monoisotopic (exact) mass is 768 g/mol. The molecule has 2 nitrogen and oxygen atoms in total. The van der Waals surface area contributed by atoms with Gasteiger partial charge in [-0.2, -0.15) is 119 Å². The van der Waals surface area contributed by atoms with Gasteiger partial charge in [0.1, 0.15) is 0 Å². The van der Waals surface area contributed by atoms with Crippen LogP contribution in [0.4, 0.5) is 119 Å². The standard InChI is InChI=1S/C18H7F27O2/c1-2-5(46)47-4-3-6(19,20)7(21,22)8(23,24)9(25,26)10(27,28)11(29,30)12(31,32)13(33,34)14(35,36)15(37,38)16(39,40)17(41,42)18(43,44)45/h2H,1,3-4H2. The number of carbonyl (C=O) groups is 1. The van der Waals surface area contributed by atoms with Gasteiger partial charge in [-0.3, -0.25) is 0 Å². The maximum absolute atomic E-state index is 13.8. The summed E-state index contributed by atoms with van der Waals surface area (Å²) in [5.74, 6) is -112. The van der Waals surface area contributed by atoms with Gasteiger partial charge in [-0.05, 0) is 0 Å². The molecule has 0 spiro atoms. The molecule has 0 unspecified atom stereocenters.